The van der Waals surface area contributed by atoms with Gasteiger partial charge in [0.25, 0.3) is 0 Å². The van der Waals surface area contributed by atoms with Gasteiger partial charge < -0.3 is 4.42 Å². The molecule has 0 radical (unpaired) electrons. The fraction of sp³-hybridized carbons (Fsp3) is 0. The van der Waals surface area contributed by atoms with Crippen molar-refractivity contribution in [1.82, 2.24) is 4.98 Å². The van der Waals surface area contributed by atoms with Crippen LogP contribution in [0.1, 0.15) is 15.4 Å². The lowest BCUT2D eigenvalue weighted by Gasteiger charge is -1.88. The molecule has 0 fully saturated rings. The van der Waals surface area contributed by atoms with Crippen LogP contribution in [0.4, 0.5) is 0 Å². The molecule has 20 heavy (non-hydrogen) atoms. The number of furan rings is 1. The van der Waals surface area contributed by atoms with E-state index in [1.807, 2.05) is 17.5 Å². The van der Waals surface area contributed by atoms with E-state index in [9.17, 15) is 4.79 Å². The summed E-state index contributed by atoms with van der Waals surface area (Å²) in [4.78, 5) is 16.9. The van der Waals surface area contributed by atoms with Gasteiger partial charge in [0.2, 0.25) is 0 Å². The number of carbonyl (C=O) groups is 1. The summed E-state index contributed by atoms with van der Waals surface area (Å²) in [5, 5.41) is 2.67. The van der Waals surface area contributed by atoms with Gasteiger partial charge in [-0.1, -0.05) is 11.6 Å². The van der Waals surface area contributed by atoms with Crippen LogP contribution in [0.2, 0.25) is 4.34 Å². The van der Waals surface area contributed by atoms with E-state index in [4.69, 9.17) is 16.0 Å². The molecular weight excluding hydrogens is 314 g/mol. The van der Waals surface area contributed by atoms with Crippen LogP contribution in [0.15, 0.2) is 46.4 Å². The second-order valence-corrected chi connectivity index (χ2v) is 6.43. The number of ketones is 1. The SMILES string of the molecule is O=C(C=Cc1csc(-c2ccco2)n1)c1ccc(Cl)s1. The Kier molecular flexibility index (Phi) is 3.82. The van der Waals surface area contributed by atoms with E-state index in [-0.39, 0.29) is 5.78 Å². The van der Waals surface area contributed by atoms with Crippen molar-refractivity contribution in [3.05, 3.63) is 56.9 Å². The third-order valence-corrected chi connectivity index (χ3v) is 4.60. The molecule has 0 bridgehead atoms. The van der Waals surface area contributed by atoms with E-state index in [1.54, 1.807) is 24.5 Å². The van der Waals surface area contributed by atoms with Crippen molar-refractivity contribution < 1.29 is 9.21 Å². The minimum atomic E-state index is -0.0746. The van der Waals surface area contributed by atoms with Crippen molar-refractivity contribution >= 4 is 46.1 Å². The van der Waals surface area contributed by atoms with Gasteiger partial charge in [-0.25, -0.2) is 4.98 Å². The Morgan fingerprint density at radius 3 is 2.95 bits per heavy atom. The minimum absolute atomic E-state index is 0.0746. The van der Waals surface area contributed by atoms with Gasteiger partial charge in [-0.05, 0) is 36.4 Å². The number of rotatable bonds is 4. The summed E-state index contributed by atoms with van der Waals surface area (Å²) < 4.78 is 5.88. The minimum Gasteiger partial charge on any atom is -0.462 e. The van der Waals surface area contributed by atoms with Crippen molar-refractivity contribution in [2.75, 3.05) is 0 Å². The largest absolute Gasteiger partial charge is 0.462 e. The first kappa shape index (κ1) is 13.3. The van der Waals surface area contributed by atoms with Crippen LogP contribution in [0.3, 0.4) is 0 Å². The molecule has 3 nitrogen and oxygen atoms in total. The van der Waals surface area contributed by atoms with Crippen LogP contribution in [-0.2, 0) is 0 Å². The summed E-state index contributed by atoms with van der Waals surface area (Å²) in [6.07, 6.45) is 4.80. The summed E-state index contributed by atoms with van der Waals surface area (Å²) in [6, 6.07) is 7.10. The molecule has 0 aliphatic rings. The lowest BCUT2D eigenvalue weighted by molar-refractivity contribution is 0.105. The molecule has 0 spiro atoms. The molecule has 0 amide bonds. The Hall–Kier alpha value is -1.69. The molecule has 6 heteroatoms. The van der Waals surface area contributed by atoms with E-state index in [1.165, 1.54) is 28.7 Å². The molecule has 0 saturated carbocycles. The average Bonchev–Trinajstić information content (AvgIpc) is 3.16. The van der Waals surface area contributed by atoms with E-state index >= 15 is 0 Å². The predicted molar refractivity (Wildman–Crippen MR) is 82.5 cm³/mol. The number of halogens is 1. The fourth-order valence-electron chi connectivity index (χ4n) is 1.57. The second kappa shape index (κ2) is 5.75. The predicted octanol–water partition coefficient (Wildman–Crippen LogP) is 5.01. The maximum Gasteiger partial charge on any atom is 0.195 e. The van der Waals surface area contributed by atoms with Gasteiger partial charge in [-0.3, -0.25) is 4.79 Å². The zero-order valence-corrected chi connectivity index (χ0v) is 12.5. The Labute approximate surface area is 128 Å². The first-order chi connectivity index (χ1) is 9.72. The molecule has 3 aromatic rings. The molecule has 0 aliphatic carbocycles. The van der Waals surface area contributed by atoms with E-state index < -0.39 is 0 Å². The molecule has 100 valence electrons. The maximum atomic E-state index is 11.9. The van der Waals surface area contributed by atoms with Crippen LogP contribution in [0.25, 0.3) is 16.8 Å². The third kappa shape index (κ3) is 2.90. The number of carbonyl (C=O) groups excluding carboxylic acids is 1. The molecule has 3 aromatic heterocycles. The van der Waals surface area contributed by atoms with Gasteiger partial charge in [0, 0.05) is 5.38 Å². The van der Waals surface area contributed by atoms with Gasteiger partial charge >= 0.3 is 0 Å². The van der Waals surface area contributed by atoms with Gasteiger partial charge in [-0.15, -0.1) is 22.7 Å². The summed E-state index contributed by atoms with van der Waals surface area (Å²) in [5.74, 6) is 0.653. The number of allylic oxidation sites excluding steroid dienone is 1. The summed E-state index contributed by atoms with van der Waals surface area (Å²) in [5.41, 5.74) is 0.734. The molecule has 3 rings (SSSR count). The van der Waals surface area contributed by atoms with Crippen molar-refractivity contribution in [2.24, 2.45) is 0 Å². The van der Waals surface area contributed by atoms with Gasteiger partial charge in [0.1, 0.15) is 0 Å². The number of hydrogen-bond acceptors (Lipinski definition) is 5. The standard InChI is InChI=1S/C14H8ClNO2S2/c15-13-6-5-12(20-13)10(17)4-3-9-8-19-14(16-9)11-2-1-7-18-11/h1-8H. The number of thiazole rings is 1. The van der Waals surface area contributed by atoms with Crippen molar-refractivity contribution in [3.8, 4) is 10.8 Å². The highest BCUT2D eigenvalue weighted by Gasteiger charge is 2.07. The number of nitrogens with zero attached hydrogens (tertiary/aromatic N) is 1. The fourth-order valence-corrected chi connectivity index (χ4v) is 3.28. The molecule has 0 aliphatic heterocycles. The second-order valence-electron chi connectivity index (χ2n) is 3.86. The molecule has 3 heterocycles. The lowest BCUT2D eigenvalue weighted by Crippen LogP contribution is -1.88. The lowest BCUT2D eigenvalue weighted by atomic mass is 10.3. The van der Waals surface area contributed by atoms with Crippen molar-refractivity contribution in [3.63, 3.8) is 0 Å². The maximum absolute atomic E-state index is 11.9. The van der Waals surface area contributed by atoms with Gasteiger partial charge in [0.05, 0.1) is 21.2 Å². The van der Waals surface area contributed by atoms with Gasteiger partial charge in [-0.2, -0.15) is 0 Å². The highest BCUT2D eigenvalue weighted by Crippen LogP contribution is 2.25. The topological polar surface area (TPSA) is 43.1 Å². The number of aromatic nitrogens is 1. The van der Waals surface area contributed by atoms with Crippen LogP contribution < -0.4 is 0 Å². The van der Waals surface area contributed by atoms with E-state index in [0.29, 0.717) is 9.21 Å². The Bertz CT molecular complexity index is 756. The van der Waals surface area contributed by atoms with Crippen molar-refractivity contribution in [1.29, 1.82) is 0 Å². The molecule has 0 aromatic carbocycles. The van der Waals surface area contributed by atoms with Crippen LogP contribution in [0.5, 0.6) is 0 Å². The Morgan fingerprint density at radius 1 is 1.35 bits per heavy atom. The quantitative estimate of drug-likeness (QED) is 0.501. The van der Waals surface area contributed by atoms with Gasteiger partial charge in [0.15, 0.2) is 16.6 Å². The Balaban J connectivity index is 1.75. The molecule has 0 unspecified atom stereocenters. The number of hydrogen-bond donors (Lipinski definition) is 0. The van der Waals surface area contributed by atoms with Crippen LogP contribution in [0, 0.1) is 0 Å². The average molecular weight is 322 g/mol. The molecule has 0 N–H and O–H groups in total. The van der Waals surface area contributed by atoms with Crippen molar-refractivity contribution in [2.45, 2.75) is 0 Å². The summed E-state index contributed by atoms with van der Waals surface area (Å²) >= 11 is 8.54. The zero-order valence-electron chi connectivity index (χ0n) is 10.1. The molecule has 0 saturated heterocycles. The first-order valence-corrected chi connectivity index (χ1v) is 7.77. The monoisotopic (exact) mass is 321 g/mol. The zero-order chi connectivity index (χ0) is 13.9. The molecular formula is C14H8ClNO2S2. The van der Waals surface area contributed by atoms with E-state index in [2.05, 4.69) is 4.98 Å². The number of thiophene rings is 1. The van der Waals surface area contributed by atoms with E-state index in [0.717, 1.165) is 16.5 Å². The third-order valence-electron chi connectivity index (χ3n) is 2.48. The normalized spacial score (nSPS) is 11.2. The summed E-state index contributed by atoms with van der Waals surface area (Å²) in [7, 11) is 0. The van der Waals surface area contributed by atoms with Crippen LogP contribution >= 0.6 is 34.3 Å². The highest BCUT2D eigenvalue weighted by molar-refractivity contribution is 7.18. The first-order valence-electron chi connectivity index (χ1n) is 5.69. The Morgan fingerprint density at radius 2 is 2.25 bits per heavy atom. The summed E-state index contributed by atoms with van der Waals surface area (Å²) in [6.45, 7) is 0. The smallest absolute Gasteiger partial charge is 0.195 e. The highest BCUT2D eigenvalue weighted by atomic mass is 35.5. The molecule has 0 atom stereocenters. The van der Waals surface area contributed by atoms with Crippen LogP contribution in [-0.4, -0.2) is 10.8 Å².